The second kappa shape index (κ2) is 7.45. The molecule has 2 nitrogen and oxygen atoms in total. The maximum atomic E-state index is 13.2. The number of carbonyl (C=O) groups excluding carboxylic acids is 1. The van der Waals surface area contributed by atoms with Gasteiger partial charge in [0.25, 0.3) is 0 Å². The zero-order valence-corrected chi connectivity index (χ0v) is 14.4. The maximum Gasteiger partial charge on any atom is 0.145 e. The molecule has 0 aliphatic heterocycles. The van der Waals surface area contributed by atoms with Gasteiger partial charge < -0.3 is 5.73 Å². The quantitative estimate of drug-likeness (QED) is 0.732. The Morgan fingerprint density at radius 2 is 1.20 bits per heavy atom. The second-order valence-electron chi connectivity index (χ2n) is 6.30. The number of benzene rings is 3. The van der Waals surface area contributed by atoms with Gasteiger partial charge >= 0.3 is 0 Å². The molecule has 0 aliphatic carbocycles. The number of hydrogen-bond donors (Lipinski definition) is 1. The fraction of sp³-hybridized carbons (Fsp3) is 0.174. The van der Waals surface area contributed by atoms with Gasteiger partial charge in [0.2, 0.25) is 0 Å². The lowest BCUT2D eigenvalue weighted by molar-refractivity contribution is -0.121. The monoisotopic (exact) mass is 329 g/mol. The molecule has 0 fully saturated rings. The van der Waals surface area contributed by atoms with Gasteiger partial charge in [0.05, 0.1) is 5.41 Å². The molecule has 0 aliphatic rings. The van der Waals surface area contributed by atoms with E-state index in [-0.39, 0.29) is 11.7 Å². The average molecular weight is 329 g/mol. The standard InChI is InChI=1S/C23H23NO/c1-18(25)23(20-13-7-3-8-14-20,21-15-9-4-10-16-21)22(17-24)19-11-5-2-6-12-19/h2-16,22H,17,24H2,1H3. The Morgan fingerprint density at radius 1 is 0.800 bits per heavy atom. The van der Waals surface area contributed by atoms with Crippen molar-refractivity contribution in [2.24, 2.45) is 5.73 Å². The van der Waals surface area contributed by atoms with Gasteiger partial charge in [-0.2, -0.15) is 0 Å². The van der Waals surface area contributed by atoms with E-state index in [2.05, 4.69) is 12.1 Å². The molecule has 2 heteroatoms. The first-order valence-electron chi connectivity index (χ1n) is 8.58. The van der Waals surface area contributed by atoms with E-state index in [0.29, 0.717) is 6.54 Å². The van der Waals surface area contributed by atoms with Crippen LogP contribution in [0.3, 0.4) is 0 Å². The molecule has 3 aromatic carbocycles. The Bertz CT molecular complexity index is 773. The van der Waals surface area contributed by atoms with E-state index >= 15 is 0 Å². The van der Waals surface area contributed by atoms with E-state index < -0.39 is 5.41 Å². The minimum absolute atomic E-state index is 0.101. The van der Waals surface area contributed by atoms with Gasteiger partial charge in [0, 0.05) is 12.5 Å². The molecule has 0 aromatic heterocycles. The topological polar surface area (TPSA) is 43.1 Å². The molecule has 0 radical (unpaired) electrons. The van der Waals surface area contributed by atoms with Crippen molar-refractivity contribution in [2.75, 3.05) is 6.54 Å². The zero-order chi connectivity index (χ0) is 17.7. The highest BCUT2D eigenvalue weighted by atomic mass is 16.1. The summed E-state index contributed by atoms with van der Waals surface area (Å²) in [6.07, 6.45) is 0. The number of rotatable bonds is 6. The van der Waals surface area contributed by atoms with Gasteiger partial charge in [-0.3, -0.25) is 4.79 Å². The molecular formula is C23H23NO. The van der Waals surface area contributed by atoms with Crippen molar-refractivity contribution in [3.05, 3.63) is 108 Å². The maximum absolute atomic E-state index is 13.2. The smallest absolute Gasteiger partial charge is 0.145 e. The molecule has 3 aromatic rings. The van der Waals surface area contributed by atoms with Crippen molar-refractivity contribution in [1.82, 2.24) is 0 Å². The highest BCUT2D eigenvalue weighted by molar-refractivity contribution is 5.93. The summed E-state index contributed by atoms with van der Waals surface area (Å²) in [4.78, 5) is 13.2. The fourth-order valence-electron chi connectivity index (χ4n) is 3.87. The molecule has 0 amide bonds. The Hall–Kier alpha value is -2.71. The van der Waals surface area contributed by atoms with Gasteiger partial charge in [0.1, 0.15) is 5.78 Å². The molecule has 1 atom stereocenters. The lowest BCUT2D eigenvalue weighted by atomic mass is 9.61. The normalized spacial score (nSPS) is 12.6. The first-order valence-corrected chi connectivity index (χ1v) is 8.58. The van der Waals surface area contributed by atoms with Crippen LogP contribution >= 0.6 is 0 Å². The molecule has 25 heavy (non-hydrogen) atoms. The summed E-state index contributed by atoms with van der Waals surface area (Å²) in [6, 6.07) is 30.1. The summed E-state index contributed by atoms with van der Waals surface area (Å²) in [5.41, 5.74) is 8.48. The zero-order valence-electron chi connectivity index (χ0n) is 14.4. The summed E-state index contributed by atoms with van der Waals surface area (Å²) >= 11 is 0. The van der Waals surface area contributed by atoms with E-state index in [1.165, 1.54) is 0 Å². The van der Waals surface area contributed by atoms with Crippen LogP contribution < -0.4 is 5.73 Å². The molecule has 2 N–H and O–H groups in total. The first-order chi connectivity index (χ1) is 12.2. The Balaban J connectivity index is 2.33. The van der Waals surface area contributed by atoms with Crippen LogP contribution in [0.25, 0.3) is 0 Å². The number of hydrogen-bond acceptors (Lipinski definition) is 2. The highest BCUT2D eigenvalue weighted by Gasteiger charge is 2.46. The minimum atomic E-state index is -0.807. The third kappa shape index (κ3) is 3.01. The summed E-state index contributed by atoms with van der Waals surface area (Å²) in [5, 5.41) is 0. The summed E-state index contributed by atoms with van der Waals surface area (Å²) in [7, 11) is 0. The van der Waals surface area contributed by atoms with Crippen LogP contribution in [-0.4, -0.2) is 12.3 Å². The molecular weight excluding hydrogens is 306 g/mol. The van der Waals surface area contributed by atoms with Crippen LogP contribution in [0.2, 0.25) is 0 Å². The van der Waals surface area contributed by atoms with Gasteiger partial charge in [-0.05, 0) is 23.6 Å². The lowest BCUT2D eigenvalue weighted by Gasteiger charge is -2.40. The number of nitrogens with two attached hydrogens (primary N) is 1. The van der Waals surface area contributed by atoms with Crippen molar-refractivity contribution in [1.29, 1.82) is 0 Å². The van der Waals surface area contributed by atoms with E-state index in [1.807, 2.05) is 78.9 Å². The van der Waals surface area contributed by atoms with Crippen molar-refractivity contribution < 1.29 is 4.79 Å². The van der Waals surface area contributed by atoms with Gasteiger partial charge in [0.15, 0.2) is 0 Å². The third-order valence-corrected chi connectivity index (χ3v) is 4.97. The highest BCUT2D eigenvalue weighted by Crippen LogP contribution is 2.45. The first kappa shape index (κ1) is 17.1. The molecule has 3 rings (SSSR count). The van der Waals surface area contributed by atoms with E-state index in [4.69, 9.17) is 5.73 Å². The Morgan fingerprint density at radius 3 is 1.56 bits per heavy atom. The van der Waals surface area contributed by atoms with Crippen molar-refractivity contribution in [2.45, 2.75) is 18.3 Å². The van der Waals surface area contributed by atoms with Crippen molar-refractivity contribution in [3.63, 3.8) is 0 Å². The van der Waals surface area contributed by atoms with Crippen LogP contribution in [0.1, 0.15) is 29.5 Å². The molecule has 1 unspecified atom stereocenters. The van der Waals surface area contributed by atoms with Crippen LogP contribution in [0.4, 0.5) is 0 Å². The number of Topliss-reactive ketones (excluding diaryl/α,β-unsaturated/α-hetero) is 1. The Labute approximate surface area is 149 Å². The Kier molecular flexibility index (Phi) is 5.11. The van der Waals surface area contributed by atoms with Crippen LogP contribution in [0.15, 0.2) is 91.0 Å². The van der Waals surface area contributed by atoms with Crippen molar-refractivity contribution in [3.8, 4) is 0 Å². The third-order valence-electron chi connectivity index (χ3n) is 4.97. The van der Waals surface area contributed by atoms with Crippen LogP contribution in [0, 0.1) is 0 Å². The SMILES string of the molecule is CC(=O)C(c1ccccc1)(c1ccccc1)C(CN)c1ccccc1. The average Bonchev–Trinajstić information content (AvgIpc) is 2.68. The molecule has 126 valence electrons. The van der Waals surface area contributed by atoms with Crippen LogP contribution in [-0.2, 0) is 10.2 Å². The minimum Gasteiger partial charge on any atom is -0.330 e. The van der Waals surface area contributed by atoms with Crippen molar-refractivity contribution >= 4 is 5.78 Å². The molecule has 0 spiro atoms. The van der Waals surface area contributed by atoms with Gasteiger partial charge in [-0.1, -0.05) is 91.0 Å². The van der Waals surface area contributed by atoms with Gasteiger partial charge in [-0.25, -0.2) is 0 Å². The largest absolute Gasteiger partial charge is 0.330 e. The summed E-state index contributed by atoms with van der Waals surface area (Å²) < 4.78 is 0. The number of carbonyl (C=O) groups is 1. The number of ketones is 1. The summed E-state index contributed by atoms with van der Waals surface area (Å²) in [5.74, 6) is -0.0415. The predicted molar refractivity (Wildman–Crippen MR) is 103 cm³/mol. The predicted octanol–water partition coefficient (Wildman–Crippen LogP) is 4.30. The van der Waals surface area contributed by atoms with E-state index in [1.54, 1.807) is 6.92 Å². The molecule has 0 saturated heterocycles. The van der Waals surface area contributed by atoms with E-state index in [0.717, 1.165) is 16.7 Å². The second-order valence-corrected chi connectivity index (χ2v) is 6.30. The van der Waals surface area contributed by atoms with Gasteiger partial charge in [-0.15, -0.1) is 0 Å². The molecule has 0 saturated carbocycles. The summed E-state index contributed by atoms with van der Waals surface area (Å²) in [6.45, 7) is 2.05. The fourth-order valence-corrected chi connectivity index (χ4v) is 3.87. The molecule has 0 bridgehead atoms. The van der Waals surface area contributed by atoms with E-state index in [9.17, 15) is 4.79 Å². The molecule has 0 heterocycles. The lowest BCUT2D eigenvalue weighted by Crippen LogP contribution is -2.44. The van der Waals surface area contributed by atoms with Crippen LogP contribution in [0.5, 0.6) is 0 Å².